The van der Waals surface area contributed by atoms with E-state index in [2.05, 4.69) is 39.5 Å². The summed E-state index contributed by atoms with van der Waals surface area (Å²) in [6.07, 6.45) is 4.48. The van der Waals surface area contributed by atoms with Crippen molar-refractivity contribution in [2.45, 2.75) is 44.3 Å². The summed E-state index contributed by atoms with van der Waals surface area (Å²) in [4.78, 5) is 20.8. The topological polar surface area (TPSA) is 102 Å². The second-order valence-electron chi connectivity index (χ2n) is 12.5. The molecule has 1 unspecified atom stereocenters. The zero-order valence-corrected chi connectivity index (χ0v) is 24.5. The maximum Gasteiger partial charge on any atom is 0.254 e. The van der Waals surface area contributed by atoms with Gasteiger partial charge in [0.1, 0.15) is 11.3 Å². The van der Waals surface area contributed by atoms with Gasteiger partial charge in [0.05, 0.1) is 35.5 Å². The summed E-state index contributed by atoms with van der Waals surface area (Å²) >= 11 is 0. The van der Waals surface area contributed by atoms with Crippen molar-refractivity contribution in [2.75, 3.05) is 13.7 Å². The van der Waals surface area contributed by atoms with Gasteiger partial charge < -0.3 is 24.5 Å². The number of nitrogens with two attached hydrogens (primary N) is 1. The molecule has 2 bridgehead atoms. The Hall–Kier alpha value is -4.61. The van der Waals surface area contributed by atoms with Crippen molar-refractivity contribution < 1.29 is 9.53 Å². The molecule has 2 N–H and O–H groups in total. The number of nitriles is 1. The van der Waals surface area contributed by atoms with Crippen molar-refractivity contribution in [1.29, 1.82) is 5.26 Å². The third-order valence-electron chi connectivity index (χ3n) is 9.94. The van der Waals surface area contributed by atoms with Gasteiger partial charge in [-0.25, -0.2) is 4.98 Å². The average Bonchev–Trinajstić information content (AvgIpc) is 3.42. The number of nitrogens with zero attached hydrogens (tertiary/aromatic N) is 5. The highest BCUT2D eigenvalue weighted by Gasteiger charge is 2.47. The number of imidazole rings is 1. The van der Waals surface area contributed by atoms with Crippen LogP contribution in [0.15, 0.2) is 60.7 Å². The van der Waals surface area contributed by atoms with Crippen LogP contribution in [0, 0.1) is 23.2 Å². The number of para-hydroxylation sites is 1. The molecular weight excluding hydrogens is 536 g/mol. The van der Waals surface area contributed by atoms with Crippen LogP contribution in [0.25, 0.3) is 44.6 Å². The Morgan fingerprint density at radius 1 is 1.05 bits per heavy atom. The smallest absolute Gasteiger partial charge is 0.254 e. The van der Waals surface area contributed by atoms with Gasteiger partial charge in [0.25, 0.3) is 5.91 Å². The van der Waals surface area contributed by atoms with E-state index in [1.165, 1.54) is 12.8 Å². The fourth-order valence-electron chi connectivity index (χ4n) is 7.56. The summed E-state index contributed by atoms with van der Waals surface area (Å²) < 4.78 is 10.3. The highest BCUT2D eigenvalue weighted by molar-refractivity contribution is 6.02. The molecule has 3 fully saturated rings. The van der Waals surface area contributed by atoms with Crippen LogP contribution < -0.4 is 10.5 Å². The molecule has 43 heavy (non-hydrogen) atoms. The van der Waals surface area contributed by atoms with Crippen LogP contribution >= 0.6 is 0 Å². The molecule has 3 atom stereocenters. The Morgan fingerprint density at radius 2 is 1.86 bits per heavy atom. The lowest BCUT2D eigenvalue weighted by Crippen LogP contribution is -2.41. The Balaban J connectivity index is 1.29. The van der Waals surface area contributed by atoms with Crippen molar-refractivity contribution in [3.63, 3.8) is 0 Å². The Bertz CT molecular complexity index is 1980. The molecule has 2 saturated carbocycles. The summed E-state index contributed by atoms with van der Waals surface area (Å²) in [7, 11) is 3.66. The number of hydrogen-bond donors (Lipinski definition) is 1. The number of piperidine rings is 1. The summed E-state index contributed by atoms with van der Waals surface area (Å²) in [6.45, 7) is 1.60. The zero-order valence-electron chi connectivity index (χ0n) is 24.5. The van der Waals surface area contributed by atoms with E-state index in [0.717, 1.165) is 70.5 Å². The first kappa shape index (κ1) is 26.1. The zero-order chi connectivity index (χ0) is 29.4. The molecule has 3 aromatic carbocycles. The van der Waals surface area contributed by atoms with Gasteiger partial charge in [0.15, 0.2) is 5.82 Å². The number of benzene rings is 3. The van der Waals surface area contributed by atoms with Gasteiger partial charge in [-0.1, -0.05) is 36.4 Å². The quantitative estimate of drug-likeness (QED) is 0.282. The van der Waals surface area contributed by atoms with Crippen molar-refractivity contribution in [3.8, 4) is 34.5 Å². The average molecular weight is 571 g/mol. The van der Waals surface area contributed by atoms with Crippen LogP contribution in [-0.2, 0) is 13.6 Å². The number of rotatable bonds is 6. The Kier molecular flexibility index (Phi) is 5.89. The van der Waals surface area contributed by atoms with Crippen LogP contribution in [-0.4, -0.2) is 50.7 Å². The van der Waals surface area contributed by atoms with Crippen molar-refractivity contribution in [2.24, 2.45) is 24.6 Å². The third kappa shape index (κ3) is 3.99. The van der Waals surface area contributed by atoms with Gasteiger partial charge in [-0.3, -0.25) is 4.79 Å². The second kappa shape index (κ2) is 9.72. The minimum absolute atomic E-state index is 0.00120. The molecule has 5 aromatic rings. The summed E-state index contributed by atoms with van der Waals surface area (Å²) in [5.41, 5.74) is 13.4. The molecule has 3 aliphatic rings. The largest absolute Gasteiger partial charge is 0.494 e. The SMILES string of the molecule is COc1cc(C(=O)N2C[C@@H]3CC[C@@H]2C3N)cc2nc(-c3cc4cccc(-c5ccccc5C#N)c4n3CC3CC3)n(C)c12. The van der Waals surface area contributed by atoms with Crippen molar-refractivity contribution in [3.05, 3.63) is 71.8 Å². The minimum Gasteiger partial charge on any atom is -0.494 e. The lowest BCUT2D eigenvalue weighted by molar-refractivity contribution is 0.0700. The van der Waals surface area contributed by atoms with Gasteiger partial charge in [0, 0.05) is 54.3 Å². The number of carbonyl (C=O) groups excluding carboxylic acids is 1. The lowest BCUT2D eigenvalue weighted by Gasteiger charge is -2.27. The Labute approximate surface area is 250 Å². The minimum atomic E-state index is -0.00120. The van der Waals surface area contributed by atoms with E-state index >= 15 is 0 Å². The predicted octanol–water partition coefficient (Wildman–Crippen LogP) is 5.71. The van der Waals surface area contributed by atoms with Crippen LogP contribution in [0.5, 0.6) is 5.75 Å². The number of aromatic nitrogens is 3. The van der Waals surface area contributed by atoms with Crippen molar-refractivity contribution >= 4 is 27.8 Å². The molecule has 1 aliphatic heterocycles. The standard InChI is InChI=1S/C35H34N6O2/c1-39-33-27(14-24(16-30(33)43-2)35(42)41-19-23-12-13-28(41)31(23)37)38-34(39)29-15-21-7-5-9-26(25-8-4-3-6-22(25)17-36)32(21)40(29)18-20-10-11-20/h3-9,14-16,20,23,28,31H,10-13,18-19,37H2,1-2H3/t23-,28+,31?/m0/s1. The van der Waals surface area contributed by atoms with Crippen molar-refractivity contribution in [1.82, 2.24) is 19.0 Å². The maximum atomic E-state index is 13.7. The summed E-state index contributed by atoms with van der Waals surface area (Å²) in [5, 5.41) is 11.0. The molecule has 0 radical (unpaired) electrons. The van der Waals surface area contributed by atoms with Crippen LogP contribution in [0.2, 0.25) is 0 Å². The molecule has 8 rings (SSSR count). The number of hydrogen-bond acceptors (Lipinski definition) is 5. The third-order valence-corrected chi connectivity index (χ3v) is 9.94. The van der Waals surface area contributed by atoms with E-state index in [1.54, 1.807) is 7.11 Å². The Morgan fingerprint density at radius 3 is 2.58 bits per heavy atom. The second-order valence-corrected chi connectivity index (χ2v) is 12.5. The summed E-state index contributed by atoms with van der Waals surface area (Å²) in [5.74, 6) is 2.45. The molecule has 8 nitrogen and oxygen atoms in total. The number of ether oxygens (including phenoxy) is 1. The van der Waals surface area contributed by atoms with E-state index in [-0.39, 0.29) is 18.0 Å². The molecule has 0 spiro atoms. The van der Waals surface area contributed by atoms with Crippen LogP contribution in [0.4, 0.5) is 0 Å². The summed E-state index contributed by atoms with van der Waals surface area (Å²) in [6, 6.07) is 22.6. The predicted molar refractivity (Wildman–Crippen MR) is 167 cm³/mol. The maximum absolute atomic E-state index is 13.7. The number of amides is 1. The first-order chi connectivity index (χ1) is 21.0. The fraction of sp³-hybridized carbons (Fsp3) is 0.343. The van der Waals surface area contributed by atoms with E-state index in [0.29, 0.717) is 28.7 Å². The normalized spacial score (nSPS) is 21.2. The van der Waals surface area contributed by atoms with Gasteiger partial charge in [-0.05, 0) is 61.8 Å². The van der Waals surface area contributed by atoms with Gasteiger partial charge in [-0.2, -0.15) is 5.26 Å². The highest BCUT2D eigenvalue weighted by atomic mass is 16.5. The van der Waals surface area contributed by atoms with Gasteiger partial charge >= 0.3 is 0 Å². The molecular formula is C35H34N6O2. The van der Waals surface area contributed by atoms with Crippen LogP contribution in [0.3, 0.4) is 0 Å². The fourth-order valence-corrected chi connectivity index (χ4v) is 7.56. The lowest BCUT2D eigenvalue weighted by atomic mass is 9.98. The van der Waals surface area contributed by atoms with E-state index in [1.807, 2.05) is 48.3 Å². The molecule has 1 saturated heterocycles. The first-order valence-corrected chi connectivity index (χ1v) is 15.2. The number of likely N-dealkylation sites (tertiary alicyclic amines) is 1. The number of carbonyl (C=O) groups is 1. The molecule has 2 aliphatic carbocycles. The van der Waals surface area contributed by atoms with Gasteiger partial charge in [0.2, 0.25) is 0 Å². The van der Waals surface area contributed by atoms with E-state index in [9.17, 15) is 10.1 Å². The first-order valence-electron chi connectivity index (χ1n) is 15.2. The highest BCUT2D eigenvalue weighted by Crippen LogP contribution is 2.42. The number of aryl methyl sites for hydroxylation is 1. The molecule has 1 amide bonds. The molecule has 216 valence electrons. The monoisotopic (exact) mass is 570 g/mol. The number of fused-ring (bicyclic) bond motifs is 4. The molecule has 2 aromatic heterocycles. The number of methoxy groups -OCH3 is 1. The van der Waals surface area contributed by atoms with E-state index in [4.69, 9.17) is 15.5 Å². The van der Waals surface area contributed by atoms with Gasteiger partial charge in [-0.15, -0.1) is 0 Å². The van der Waals surface area contributed by atoms with Crippen LogP contribution in [0.1, 0.15) is 41.6 Å². The molecule has 3 heterocycles. The van der Waals surface area contributed by atoms with E-state index < -0.39 is 0 Å². The molecule has 8 heteroatoms.